The van der Waals surface area contributed by atoms with Gasteiger partial charge in [-0.1, -0.05) is 29.5 Å². The Morgan fingerprint density at radius 3 is 2.64 bits per heavy atom. The van der Waals surface area contributed by atoms with E-state index in [0.29, 0.717) is 22.4 Å². The zero-order valence-corrected chi connectivity index (χ0v) is 14.8. The Balaban J connectivity index is 2.04. The maximum Gasteiger partial charge on any atom is 0.162 e. The van der Waals surface area contributed by atoms with Crippen LogP contribution in [-0.2, 0) is 5.54 Å². The van der Waals surface area contributed by atoms with Crippen LogP contribution in [0.3, 0.4) is 0 Å². The molecular weight excluding hydrogens is 352 g/mol. The zero-order chi connectivity index (χ0) is 19.4. The molecule has 0 amide bonds. The second-order valence-electron chi connectivity index (χ2n) is 6.21. The van der Waals surface area contributed by atoms with Crippen molar-refractivity contribution in [3.05, 3.63) is 108 Å². The summed E-state index contributed by atoms with van der Waals surface area (Å²) < 4.78 is 1.58. The summed E-state index contributed by atoms with van der Waals surface area (Å²) >= 11 is 0. The number of hydrogen-bond donors (Lipinski definition) is 1. The Bertz CT molecular complexity index is 1050. The fourth-order valence-corrected chi connectivity index (χ4v) is 3.41. The molecular formula is C21H16N6O. The van der Waals surface area contributed by atoms with Gasteiger partial charge >= 0.3 is 0 Å². The van der Waals surface area contributed by atoms with Crippen molar-refractivity contribution < 1.29 is 5.11 Å². The van der Waals surface area contributed by atoms with E-state index in [1.54, 1.807) is 66.0 Å². The summed E-state index contributed by atoms with van der Waals surface area (Å²) in [6.45, 7) is 0. The predicted molar refractivity (Wildman–Crippen MR) is 101 cm³/mol. The van der Waals surface area contributed by atoms with Crippen molar-refractivity contribution in [1.82, 2.24) is 25.0 Å². The molecule has 0 aliphatic rings. The number of aliphatic hydroxyl groups excluding tert-OH is 1. The Labute approximate surface area is 161 Å². The fraction of sp³-hybridized carbons (Fsp3) is 0.0952. The first-order chi connectivity index (χ1) is 13.8. The zero-order valence-electron chi connectivity index (χ0n) is 14.8. The minimum absolute atomic E-state index is 0.455. The summed E-state index contributed by atoms with van der Waals surface area (Å²) in [5.74, 6) is 0. The van der Waals surface area contributed by atoms with Crippen molar-refractivity contribution in [3.63, 3.8) is 0 Å². The van der Waals surface area contributed by atoms with Crippen molar-refractivity contribution in [1.29, 1.82) is 5.26 Å². The highest BCUT2D eigenvalue weighted by atomic mass is 16.3. The van der Waals surface area contributed by atoms with Crippen LogP contribution in [-0.4, -0.2) is 30.1 Å². The number of rotatable bonds is 5. The third-order valence-corrected chi connectivity index (χ3v) is 4.67. The number of nitriles is 1. The van der Waals surface area contributed by atoms with Crippen LogP contribution in [0.2, 0.25) is 0 Å². The summed E-state index contributed by atoms with van der Waals surface area (Å²) in [7, 11) is 0. The highest BCUT2D eigenvalue weighted by molar-refractivity contribution is 5.42. The number of hydrogen-bond acceptors (Lipinski definition) is 6. The Hall–Kier alpha value is -3.89. The highest BCUT2D eigenvalue weighted by Gasteiger charge is 2.46. The lowest BCUT2D eigenvalue weighted by molar-refractivity contribution is 0.0725. The topological polar surface area (TPSA) is 101 Å². The summed E-state index contributed by atoms with van der Waals surface area (Å²) in [4.78, 5) is 8.77. The van der Waals surface area contributed by atoms with Gasteiger partial charge in [-0.25, -0.2) is 4.68 Å². The third-order valence-electron chi connectivity index (χ3n) is 4.67. The minimum Gasteiger partial charge on any atom is -0.385 e. The van der Waals surface area contributed by atoms with Gasteiger partial charge in [0, 0.05) is 30.4 Å². The first-order valence-corrected chi connectivity index (χ1v) is 8.63. The monoisotopic (exact) mass is 368 g/mol. The Kier molecular flexibility index (Phi) is 4.62. The fourth-order valence-electron chi connectivity index (χ4n) is 3.41. The molecule has 4 aromatic rings. The molecule has 1 N–H and O–H groups in total. The van der Waals surface area contributed by atoms with Crippen LogP contribution in [0.25, 0.3) is 0 Å². The molecule has 2 unspecified atom stereocenters. The van der Waals surface area contributed by atoms with E-state index in [-0.39, 0.29) is 0 Å². The lowest BCUT2D eigenvalue weighted by Crippen LogP contribution is -2.43. The van der Waals surface area contributed by atoms with Gasteiger partial charge in [-0.3, -0.25) is 9.97 Å². The van der Waals surface area contributed by atoms with E-state index >= 15 is 0 Å². The van der Waals surface area contributed by atoms with E-state index in [2.05, 4.69) is 26.3 Å². The molecule has 0 bridgehead atoms. The first-order valence-electron chi connectivity index (χ1n) is 8.63. The average molecular weight is 368 g/mol. The van der Waals surface area contributed by atoms with Gasteiger partial charge in [0.25, 0.3) is 0 Å². The SMILES string of the molecule is N#Cc1cccc(C(O)C(c2cccnc2)(c2ccccn2)n2ccnn2)c1. The Morgan fingerprint density at radius 1 is 1.04 bits per heavy atom. The minimum atomic E-state index is -1.22. The van der Waals surface area contributed by atoms with Crippen molar-refractivity contribution in [2.45, 2.75) is 11.6 Å². The highest BCUT2D eigenvalue weighted by Crippen LogP contribution is 2.43. The van der Waals surface area contributed by atoms with Crippen LogP contribution < -0.4 is 0 Å². The van der Waals surface area contributed by atoms with Crippen molar-refractivity contribution in [2.24, 2.45) is 0 Å². The molecule has 136 valence electrons. The third kappa shape index (κ3) is 2.82. The molecule has 3 aromatic heterocycles. The summed E-state index contributed by atoms with van der Waals surface area (Å²) in [6.07, 6.45) is 7.12. The second kappa shape index (κ2) is 7.39. The van der Waals surface area contributed by atoms with E-state index in [1.165, 1.54) is 0 Å². The first kappa shape index (κ1) is 17.5. The lowest BCUT2D eigenvalue weighted by Gasteiger charge is -2.38. The molecule has 0 saturated heterocycles. The van der Waals surface area contributed by atoms with E-state index in [1.807, 2.05) is 24.3 Å². The predicted octanol–water partition coefficient (Wildman–Crippen LogP) is 2.47. The summed E-state index contributed by atoms with van der Waals surface area (Å²) in [5.41, 5.74) is 1.05. The summed E-state index contributed by atoms with van der Waals surface area (Å²) in [6, 6.07) is 18.1. The van der Waals surface area contributed by atoms with Crippen LogP contribution in [0, 0.1) is 11.3 Å². The molecule has 2 atom stereocenters. The van der Waals surface area contributed by atoms with Gasteiger partial charge in [0.05, 0.1) is 23.5 Å². The van der Waals surface area contributed by atoms with Crippen molar-refractivity contribution in [3.8, 4) is 6.07 Å². The largest absolute Gasteiger partial charge is 0.385 e. The number of benzene rings is 1. The molecule has 0 fully saturated rings. The van der Waals surface area contributed by atoms with Crippen LogP contribution in [0.15, 0.2) is 85.6 Å². The summed E-state index contributed by atoms with van der Waals surface area (Å²) in [5, 5.41) is 29.1. The van der Waals surface area contributed by atoms with Gasteiger partial charge in [-0.05, 0) is 35.9 Å². The van der Waals surface area contributed by atoms with E-state index in [9.17, 15) is 10.4 Å². The van der Waals surface area contributed by atoms with Crippen molar-refractivity contribution in [2.75, 3.05) is 0 Å². The van der Waals surface area contributed by atoms with Crippen LogP contribution in [0.4, 0.5) is 0 Å². The van der Waals surface area contributed by atoms with E-state index in [4.69, 9.17) is 0 Å². The van der Waals surface area contributed by atoms with Gasteiger partial charge in [-0.2, -0.15) is 5.26 Å². The van der Waals surface area contributed by atoms with Crippen LogP contribution in [0.5, 0.6) is 0 Å². The van der Waals surface area contributed by atoms with Gasteiger partial charge in [0.2, 0.25) is 0 Å². The number of aromatic nitrogens is 5. The second-order valence-corrected chi connectivity index (χ2v) is 6.21. The number of aliphatic hydroxyl groups is 1. The maximum absolute atomic E-state index is 11.7. The lowest BCUT2D eigenvalue weighted by atomic mass is 9.78. The molecule has 0 aliphatic carbocycles. The number of nitrogens with zero attached hydrogens (tertiary/aromatic N) is 6. The molecule has 4 rings (SSSR count). The van der Waals surface area contributed by atoms with Gasteiger partial charge < -0.3 is 5.11 Å². The normalized spacial score (nSPS) is 14.0. The van der Waals surface area contributed by atoms with E-state index < -0.39 is 11.6 Å². The standard InChI is InChI=1S/C21H16N6O/c22-14-16-5-3-6-17(13-16)20(28)21(27-12-11-25-26-27,18-7-4-9-23-15-18)19-8-1-2-10-24-19/h1-13,15,20,28H. The van der Waals surface area contributed by atoms with Crippen LogP contribution in [0.1, 0.15) is 28.5 Å². The smallest absolute Gasteiger partial charge is 0.162 e. The molecule has 0 radical (unpaired) electrons. The van der Waals surface area contributed by atoms with Crippen molar-refractivity contribution >= 4 is 0 Å². The molecule has 28 heavy (non-hydrogen) atoms. The molecule has 0 spiro atoms. The molecule has 0 saturated carbocycles. The molecule has 7 heteroatoms. The van der Waals surface area contributed by atoms with Gasteiger partial charge in [0.15, 0.2) is 5.54 Å². The van der Waals surface area contributed by atoms with Crippen LogP contribution >= 0.6 is 0 Å². The van der Waals surface area contributed by atoms with Gasteiger partial charge in [0.1, 0.15) is 6.10 Å². The molecule has 0 aliphatic heterocycles. The maximum atomic E-state index is 11.7. The molecule has 1 aromatic carbocycles. The van der Waals surface area contributed by atoms with E-state index in [0.717, 1.165) is 0 Å². The number of pyridine rings is 2. The van der Waals surface area contributed by atoms with Gasteiger partial charge in [-0.15, -0.1) is 5.10 Å². The molecule has 7 nitrogen and oxygen atoms in total. The average Bonchev–Trinajstić information content (AvgIpc) is 3.31. The molecule has 3 heterocycles. The Morgan fingerprint density at radius 2 is 1.96 bits per heavy atom. The quantitative estimate of drug-likeness (QED) is 0.581.